The van der Waals surface area contributed by atoms with Gasteiger partial charge in [0.2, 0.25) is 0 Å². The van der Waals surface area contributed by atoms with Crippen LogP contribution in [0.1, 0.15) is 100 Å². The second-order valence-electron chi connectivity index (χ2n) is 16.9. The number of carbonyl (C=O) groups excluding carboxylic acids is 4. The number of unbranched alkanes of at least 4 members (excludes halogenated alkanes) is 2. The Morgan fingerprint density at radius 2 is 1.57 bits per heavy atom. The van der Waals surface area contributed by atoms with Gasteiger partial charge in [-0.1, -0.05) is 50.6 Å². The van der Waals surface area contributed by atoms with E-state index in [1.165, 1.54) is 32.5 Å². The number of aromatic nitrogens is 1. The van der Waals surface area contributed by atoms with Crippen LogP contribution >= 0.6 is 0 Å². The highest BCUT2D eigenvalue weighted by atomic mass is 32.2. The second-order valence-corrected chi connectivity index (χ2v) is 21.5. The van der Waals surface area contributed by atoms with Crippen molar-refractivity contribution in [3.63, 3.8) is 0 Å². The van der Waals surface area contributed by atoms with Crippen molar-refractivity contribution in [3.8, 4) is 0 Å². The minimum atomic E-state index is -4.54. The Morgan fingerprint density at radius 1 is 0.896 bits per heavy atom. The molecule has 1 fully saturated rings. The summed E-state index contributed by atoms with van der Waals surface area (Å²) in [7, 11) is -10.6. The summed E-state index contributed by atoms with van der Waals surface area (Å²) in [5.74, 6) is -3.16. The molecule has 1 atom stereocenters. The van der Waals surface area contributed by atoms with Crippen molar-refractivity contribution < 1.29 is 72.3 Å². The van der Waals surface area contributed by atoms with Crippen molar-refractivity contribution in [2.75, 3.05) is 37.1 Å². The molecule has 3 aliphatic heterocycles. The van der Waals surface area contributed by atoms with E-state index in [1.54, 1.807) is 53.2 Å². The fourth-order valence-corrected chi connectivity index (χ4v) is 9.66. The molecule has 0 radical (unpaired) electrons. The van der Waals surface area contributed by atoms with E-state index in [0.29, 0.717) is 53.5 Å². The fraction of sp³-hybridized carbons (Fsp3) is 0.455. The first-order valence-corrected chi connectivity index (χ1v) is 26.0. The number of fused-ring (bicyclic) bond motifs is 2. The summed E-state index contributed by atoms with van der Waals surface area (Å²) in [5.41, 5.74) is 1.66. The van der Waals surface area contributed by atoms with Crippen LogP contribution in [0.4, 0.5) is 11.5 Å². The molecule has 4 heterocycles. The number of rotatable bonds is 22. The third-order valence-electron chi connectivity index (χ3n) is 11.7. The first kappa shape index (κ1) is 52.5. The molecule has 1 saturated heterocycles. The third kappa shape index (κ3) is 13.2. The number of anilines is 1. The van der Waals surface area contributed by atoms with E-state index in [4.69, 9.17) is 14.7 Å². The van der Waals surface area contributed by atoms with Crippen LogP contribution in [-0.2, 0) is 71.8 Å². The smallest absolute Gasteiger partial charge is 0.333 e. The Labute approximate surface area is 390 Å². The lowest BCUT2D eigenvalue weighted by Gasteiger charge is -2.27. The molecule has 1 aromatic heterocycles. The summed E-state index contributed by atoms with van der Waals surface area (Å²) < 4.78 is 103. The zero-order chi connectivity index (χ0) is 49.5. The molecule has 0 aliphatic carbocycles. The van der Waals surface area contributed by atoms with Gasteiger partial charge in [-0.15, -0.1) is 5.06 Å². The number of imide groups is 1. The summed E-state index contributed by atoms with van der Waals surface area (Å²) in [6.07, 6.45) is 15.5. The number of benzene rings is 1. The van der Waals surface area contributed by atoms with Gasteiger partial charge in [-0.2, -0.15) is 16.8 Å². The van der Waals surface area contributed by atoms with E-state index in [0.717, 1.165) is 16.4 Å². The van der Waals surface area contributed by atoms with Gasteiger partial charge in [-0.25, -0.2) is 22.8 Å². The monoisotopic (exact) mass is 989 g/mol. The van der Waals surface area contributed by atoms with Crippen molar-refractivity contribution in [2.45, 2.75) is 101 Å². The molecule has 20 nitrogen and oxygen atoms in total. The maximum Gasteiger partial charge on any atom is 0.333 e. The summed E-state index contributed by atoms with van der Waals surface area (Å²) in [5, 5.41) is 1.51. The lowest BCUT2D eigenvalue weighted by Crippen LogP contribution is -2.39. The predicted octanol–water partition coefficient (Wildman–Crippen LogP) is 4.32. The van der Waals surface area contributed by atoms with Gasteiger partial charge in [0, 0.05) is 55.4 Å². The highest BCUT2D eigenvalue weighted by Crippen LogP contribution is 2.49. The van der Waals surface area contributed by atoms with Gasteiger partial charge < -0.3 is 14.3 Å². The topological polar surface area (TPSA) is 279 Å². The molecule has 0 bridgehead atoms. The number of hydroxylamine groups is 4. The summed E-state index contributed by atoms with van der Waals surface area (Å²) >= 11 is 0. The molecule has 5 rings (SSSR count). The number of hydrogen-bond acceptors (Lipinski definition) is 15. The quantitative estimate of drug-likeness (QED) is 0.0415. The molecule has 1 aromatic carbocycles. The Kier molecular flexibility index (Phi) is 16.7. The highest BCUT2D eigenvalue weighted by molar-refractivity contribution is 7.86. The molecule has 3 aliphatic rings. The Bertz CT molecular complexity index is 2770. The van der Waals surface area contributed by atoms with Gasteiger partial charge in [0.1, 0.15) is 6.20 Å². The van der Waals surface area contributed by atoms with E-state index in [-0.39, 0.29) is 55.5 Å². The van der Waals surface area contributed by atoms with Gasteiger partial charge in [0.25, 0.3) is 38.0 Å². The standard InChI is InChI=1S/C44H55N5O15S3/c1-43(2)33-29-32(67(60,61)62)19-20-35(33)48(25-13-9-12-18-40(52)64-49-38(50)21-22-39(49)51)37(43)17-11-8-6-7-10-16-36-44(3,23-14-26-65(54,55)56)34-28-31(42(53)46(4)63-5)30-47(41(34)45-36)24-15-27-66(57,58)59/h6-8,10-11,16-17,19-20,28-30H,9,12-15,18,21-27H2,1-5H3,(H2-,54,55,56,57,58,59,60,61,62). The van der Waals surface area contributed by atoms with Crippen molar-refractivity contribution in [1.82, 2.24) is 10.1 Å². The van der Waals surface area contributed by atoms with Gasteiger partial charge in [-0.05, 0) is 86.0 Å². The molecular weight excluding hydrogens is 935 g/mol. The number of carbonyl (C=O) groups is 4. The first-order chi connectivity index (χ1) is 31.3. The predicted molar refractivity (Wildman–Crippen MR) is 243 cm³/mol. The first-order valence-electron chi connectivity index (χ1n) is 21.3. The number of aryl methyl sites for hydroxylation is 1. The van der Waals surface area contributed by atoms with Gasteiger partial charge in [0.05, 0.1) is 51.0 Å². The Balaban J connectivity index is 1.37. The number of pyridine rings is 1. The average Bonchev–Trinajstić information content (AvgIpc) is 3.78. The molecule has 2 N–H and O–H groups in total. The zero-order valence-corrected chi connectivity index (χ0v) is 40.2. The minimum Gasteiger partial charge on any atom is -0.748 e. The average molecular weight is 990 g/mol. The second kappa shape index (κ2) is 21.3. The lowest BCUT2D eigenvalue weighted by molar-refractivity contribution is -0.684. The minimum absolute atomic E-state index is 0.00407. The van der Waals surface area contributed by atoms with Crippen molar-refractivity contribution in [3.05, 3.63) is 95.4 Å². The normalized spacial score (nSPS) is 19.0. The third-order valence-corrected chi connectivity index (χ3v) is 14.2. The molecule has 364 valence electrons. The maximum atomic E-state index is 13.3. The highest BCUT2D eigenvalue weighted by Gasteiger charge is 2.46. The van der Waals surface area contributed by atoms with Crippen LogP contribution < -0.4 is 9.47 Å². The molecular formula is C44H55N5O15S3. The van der Waals surface area contributed by atoms with Crippen LogP contribution in [0.5, 0.6) is 0 Å². The molecule has 0 saturated carbocycles. The SMILES string of the molecule is CON(C)C(=O)c1cc2c([n+](CCCS(=O)(=O)[O-])c1)N=C(/C=C/C=C/C=C/C=C1/N(CCCCCC(=O)ON3C(=O)CCC3=O)c3ccc(S(=O)(=O)O)cc3C1(C)C)C2(C)CCCS(=O)(=O)O. The van der Waals surface area contributed by atoms with Crippen LogP contribution in [0, 0.1) is 0 Å². The van der Waals surface area contributed by atoms with E-state index >= 15 is 0 Å². The fourth-order valence-electron chi connectivity index (χ4n) is 8.17. The molecule has 67 heavy (non-hydrogen) atoms. The summed E-state index contributed by atoms with van der Waals surface area (Å²) in [4.78, 5) is 65.9. The number of amides is 3. The molecule has 23 heteroatoms. The number of allylic oxidation sites excluding steroid dienone is 8. The largest absolute Gasteiger partial charge is 0.748 e. The van der Waals surface area contributed by atoms with Crippen molar-refractivity contribution in [2.24, 2.45) is 4.99 Å². The van der Waals surface area contributed by atoms with Gasteiger partial charge in [0.15, 0.2) is 5.71 Å². The number of hydrogen-bond donors (Lipinski definition) is 2. The van der Waals surface area contributed by atoms with Crippen LogP contribution in [0.25, 0.3) is 0 Å². The maximum absolute atomic E-state index is 13.3. The number of aliphatic imine (C=N–C) groups is 1. The van der Waals surface area contributed by atoms with Crippen LogP contribution in [0.3, 0.4) is 0 Å². The van der Waals surface area contributed by atoms with Crippen LogP contribution in [0.15, 0.2) is 88.6 Å². The molecule has 0 spiro atoms. The zero-order valence-electron chi connectivity index (χ0n) is 37.8. The molecule has 2 aromatic rings. The Hall–Kier alpha value is -5.43. The van der Waals surface area contributed by atoms with Crippen molar-refractivity contribution in [1.29, 1.82) is 0 Å². The van der Waals surface area contributed by atoms with Gasteiger partial charge >= 0.3 is 11.8 Å². The molecule has 1 unspecified atom stereocenters. The van der Waals surface area contributed by atoms with Gasteiger partial charge in [-0.3, -0.25) is 28.3 Å². The lowest BCUT2D eigenvalue weighted by atomic mass is 9.76. The Morgan fingerprint density at radius 3 is 2.21 bits per heavy atom. The number of nitrogens with zero attached hydrogens (tertiary/aromatic N) is 5. The van der Waals surface area contributed by atoms with E-state index in [2.05, 4.69) is 0 Å². The summed E-state index contributed by atoms with van der Waals surface area (Å²) in [6, 6.07) is 6.01. The van der Waals surface area contributed by atoms with Crippen LogP contribution in [-0.4, -0.2) is 111 Å². The molecule has 3 amide bonds. The van der Waals surface area contributed by atoms with E-state index in [1.807, 2.05) is 31.7 Å². The van der Waals surface area contributed by atoms with Crippen molar-refractivity contribution >= 4 is 71.3 Å². The van der Waals surface area contributed by atoms with E-state index < -0.39 is 76.4 Å². The van der Waals surface area contributed by atoms with Crippen LogP contribution in [0.2, 0.25) is 0 Å². The summed E-state index contributed by atoms with van der Waals surface area (Å²) in [6.45, 7) is 6.14. The van der Waals surface area contributed by atoms with E-state index in [9.17, 15) is 58.1 Å².